The Morgan fingerprint density at radius 3 is 2.57 bits per heavy atom. The minimum atomic E-state index is -0.316. The zero-order valence-electron chi connectivity index (χ0n) is 13.1. The van der Waals surface area contributed by atoms with Crippen molar-refractivity contribution in [3.8, 4) is 5.75 Å². The predicted molar refractivity (Wildman–Crippen MR) is 94.7 cm³/mol. The fourth-order valence-electron chi connectivity index (χ4n) is 2.36. The van der Waals surface area contributed by atoms with Gasteiger partial charge >= 0.3 is 6.03 Å². The molecule has 3 rings (SSSR count). The molecule has 3 aromatic rings. The van der Waals surface area contributed by atoms with Crippen molar-refractivity contribution in [3.63, 3.8) is 0 Å². The highest BCUT2D eigenvalue weighted by atomic mass is 32.1. The third kappa shape index (κ3) is 3.43. The van der Waals surface area contributed by atoms with Gasteiger partial charge in [-0.25, -0.2) is 9.78 Å². The minimum Gasteiger partial charge on any atom is -0.497 e. The summed E-state index contributed by atoms with van der Waals surface area (Å²) in [5.74, 6) is 0.743. The van der Waals surface area contributed by atoms with Gasteiger partial charge in [0.2, 0.25) is 0 Å². The molecule has 0 aliphatic carbocycles. The molecule has 6 heteroatoms. The number of nitrogens with one attached hydrogen (secondary N) is 2. The van der Waals surface area contributed by atoms with Gasteiger partial charge < -0.3 is 10.1 Å². The second kappa shape index (κ2) is 6.26. The topological polar surface area (TPSA) is 63.2 Å². The van der Waals surface area contributed by atoms with Gasteiger partial charge in [-0.3, -0.25) is 5.32 Å². The molecular formula is C17H17N3O2S. The third-order valence-electron chi connectivity index (χ3n) is 3.39. The number of methoxy groups -OCH3 is 1. The van der Waals surface area contributed by atoms with Crippen molar-refractivity contribution in [1.82, 2.24) is 4.98 Å². The largest absolute Gasteiger partial charge is 0.497 e. The van der Waals surface area contributed by atoms with Crippen LogP contribution in [0.4, 0.5) is 15.6 Å². The number of nitrogens with zero attached hydrogens (tertiary/aromatic N) is 1. The van der Waals surface area contributed by atoms with Crippen LogP contribution in [0.25, 0.3) is 10.2 Å². The number of benzene rings is 2. The number of carbonyl (C=O) groups excluding carboxylic acids is 1. The lowest BCUT2D eigenvalue weighted by Gasteiger charge is -2.06. The summed E-state index contributed by atoms with van der Waals surface area (Å²) in [7, 11) is 1.60. The summed E-state index contributed by atoms with van der Waals surface area (Å²) in [5, 5.41) is 6.14. The molecule has 0 fully saturated rings. The Morgan fingerprint density at radius 2 is 1.87 bits per heavy atom. The Kier molecular flexibility index (Phi) is 4.16. The van der Waals surface area contributed by atoms with E-state index in [0.29, 0.717) is 10.8 Å². The first-order chi connectivity index (χ1) is 11.0. The van der Waals surface area contributed by atoms with Crippen molar-refractivity contribution in [1.29, 1.82) is 0 Å². The van der Waals surface area contributed by atoms with Crippen LogP contribution >= 0.6 is 11.3 Å². The third-order valence-corrected chi connectivity index (χ3v) is 4.51. The lowest BCUT2D eigenvalue weighted by Crippen LogP contribution is -2.19. The van der Waals surface area contributed by atoms with Gasteiger partial charge in [0, 0.05) is 5.69 Å². The Balaban J connectivity index is 1.73. The van der Waals surface area contributed by atoms with E-state index >= 15 is 0 Å². The maximum Gasteiger partial charge on any atom is 0.325 e. The standard InChI is InChI=1S/C17H17N3O2S/c1-10-8-11(2)15-14(9-10)19-17(23-15)20-16(21)18-12-4-6-13(22-3)7-5-12/h4-9H,1-3H3,(H2,18,19,20,21). The highest BCUT2D eigenvalue weighted by molar-refractivity contribution is 7.22. The van der Waals surface area contributed by atoms with E-state index in [-0.39, 0.29) is 6.03 Å². The van der Waals surface area contributed by atoms with Gasteiger partial charge in [0.1, 0.15) is 5.75 Å². The van der Waals surface area contributed by atoms with E-state index < -0.39 is 0 Å². The number of rotatable bonds is 3. The highest BCUT2D eigenvalue weighted by Crippen LogP contribution is 2.29. The van der Waals surface area contributed by atoms with Crippen LogP contribution in [0.15, 0.2) is 36.4 Å². The molecule has 0 radical (unpaired) electrons. The summed E-state index contributed by atoms with van der Waals surface area (Å²) in [5.41, 5.74) is 3.93. The quantitative estimate of drug-likeness (QED) is 0.741. The van der Waals surface area contributed by atoms with Crippen LogP contribution < -0.4 is 15.4 Å². The Labute approximate surface area is 138 Å². The van der Waals surface area contributed by atoms with Gasteiger partial charge in [-0.05, 0) is 55.3 Å². The number of anilines is 2. The van der Waals surface area contributed by atoms with Gasteiger partial charge in [0.25, 0.3) is 0 Å². The van der Waals surface area contributed by atoms with E-state index in [1.54, 1.807) is 31.4 Å². The molecule has 0 unspecified atom stereocenters. The van der Waals surface area contributed by atoms with Crippen LogP contribution in [0.2, 0.25) is 0 Å². The number of aryl methyl sites for hydroxylation is 2. The van der Waals surface area contributed by atoms with Crippen molar-refractivity contribution in [2.45, 2.75) is 13.8 Å². The molecule has 1 aromatic heterocycles. The normalized spacial score (nSPS) is 10.6. The fourth-order valence-corrected chi connectivity index (χ4v) is 3.27. The Morgan fingerprint density at radius 1 is 1.13 bits per heavy atom. The lowest BCUT2D eigenvalue weighted by molar-refractivity contribution is 0.262. The number of hydrogen-bond donors (Lipinski definition) is 2. The number of ether oxygens (including phenoxy) is 1. The smallest absolute Gasteiger partial charge is 0.325 e. The van der Waals surface area contributed by atoms with Crippen molar-refractivity contribution < 1.29 is 9.53 Å². The van der Waals surface area contributed by atoms with E-state index in [9.17, 15) is 4.79 Å². The number of urea groups is 1. The second-order valence-electron chi connectivity index (χ2n) is 5.26. The van der Waals surface area contributed by atoms with Crippen molar-refractivity contribution in [2.75, 3.05) is 17.7 Å². The van der Waals surface area contributed by atoms with Crippen LogP contribution in [0.3, 0.4) is 0 Å². The van der Waals surface area contributed by atoms with Crippen LogP contribution in [0.1, 0.15) is 11.1 Å². The van der Waals surface area contributed by atoms with E-state index in [1.807, 2.05) is 13.0 Å². The van der Waals surface area contributed by atoms with Gasteiger partial charge in [0.15, 0.2) is 5.13 Å². The molecule has 0 atom stereocenters. The van der Waals surface area contributed by atoms with Crippen molar-refractivity contribution in [3.05, 3.63) is 47.5 Å². The first-order valence-corrected chi connectivity index (χ1v) is 7.96. The van der Waals surface area contributed by atoms with Crippen molar-refractivity contribution in [2.24, 2.45) is 0 Å². The number of hydrogen-bond acceptors (Lipinski definition) is 4. The molecular weight excluding hydrogens is 310 g/mol. The van der Waals surface area contributed by atoms with E-state index in [4.69, 9.17) is 4.74 Å². The molecule has 118 valence electrons. The van der Waals surface area contributed by atoms with Crippen LogP contribution in [-0.2, 0) is 0 Å². The molecule has 0 saturated heterocycles. The summed E-state index contributed by atoms with van der Waals surface area (Å²) in [6, 6.07) is 11.0. The molecule has 1 heterocycles. The molecule has 5 nitrogen and oxygen atoms in total. The minimum absolute atomic E-state index is 0.316. The molecule has 2 amide bonds. The zero-order chi connectivity index (χ0) is 16.4. The van der Waals surface area contributed by atoms with E-state index in [0.717, 1.165) is 21.5 Å². The summed E-state index contributed by atoms with van der Waals surface area (Å²) in [6.45, 7) is 4.09. The predicted octanol–water partition coefficient (Wildman–Crippen LogP) is 4.57. The average molecular weight is 327 g/mol. The van der Waals surface area contributed by atoms with Gasteiger partial charge in [-0.2, -0.15) is 0 Å². The molecule has 0 spiro atoms. The Hall–Kier alpha value is -2.60. The number of carbonyl (C=O) groups is 1. The van der Waals surface area contributed by atoms with Gasteiger partial charge in [-0.1, -0.05) is 17.4 Å². The number of aromatic nitrogens is 1. The number of thiazole rings is 1. The SMILES string of the molecule is COc1ccc(NC(=O)Nc2nc3cc(C)cc(C)c3s2)cc1. The monoisotopic (exact) mass is 327 g/mol. The second-order valence-corrected chi connectivity index (χ2v) is 6.26. The zero-order valence-corrected chi connectivity index (χ0v) is 14.0. The fraction of sp³-hybridized carbons (Fsp3) is 0.176. The summed E-state index contributed by atoms with van der Waals surface area (Å²) in [6.07, 6.45) is 0. The lowest BCUT2D eigenvalue weighted by atomic mass is 10.1. The summed E-state index contributed by atoms with van der Waals surface area (Å²) in [4.78, 5) is 16.5. The molecule has 2 aromatic carbocycles. The van der Waals surface area contributed by atoms with Crippen LogP contribution in [-0.4, -0.2) is 18.1 Å². The maximum atomic E-state index is 12.1. The average Bonchev–Trinajstić information content (AvgIpc) is 2.90. The first kappa shape index (κ1) is 15.3. The summed E-state index contributed by atoms with van der Waals surface area (Å²) >= 11 is 1.47. The van der Waals surface area contributed by atoms with E-state index in [2.05, 4.69) is 28.6 Å². The molecule has 0 saturated carbocycles. The number of amides is 2. The van der Waals surface area contributed by atoms with E-state index in [1.165, 1.54) is 16.9 Å². The van der Waals surface area contributed by atoms with Crippen molar-refractivity contribution >= 4 is 38.4 Å². The Bertz CT molecular complexity index is 856. The summed E-state index contributed by atoms with van der Waals surface area (Å²) < 4.78 is 6.18. The van der Waals surface area contributed by atoms with Crippen LogP contribution in [0.5, 0.6) is 5.75 Å². The van der Waals surface area contributed by atoms with Gasteiger partial charge in [0.05, 0.1) is 17.3 Å². The number of fused-ring (bicyclic) bond motifs is 1. The highest BCUT2D eigenvalue weighted by Gasteiger charge is 2.10. The van der Waals surface area contributed by atoms with Crippen LogP contribution in [0, 0.1) is 13.8 Å². The molecule has 0 aliphatic rings. The molecule has 23 heavy (non-hydrogen) atoms. The van der Waals surface area contributed by atoms with Gasteiger partial charge in [-0.15, -0.1) is 0 Å². The first-order valence-electron chi connectivity index (χ1n) is 7.15. The molecule has 2 N–H and O–H groups in total. The molecule has 0 bridgehead atoms. The molecule has 0 aliphatic heterocycles. The maximum absolute atomic E-state index is 12.1.